The molecule has 3 aromatic carbocycles. The number of benzene rings is 3. The van der Waals surface area contributed by atoms with Crippen LogP contribution in [0.25, 0.3) is 11.0 Å². The Labute approximate surface area is 182 Å². The monoisotopic (exact) mass is 427 g/mol. The van der Waals surface area contributed by atoms with E-state index in [1.54, 1.807) is 66.7 Å². The molecule has 0 fully saturated rings. The van der Waals surface area contributed by atoms with E-state index in [4.69, 9.17) is 9.15 Å². The van der Waals surface area contributed by atoms with Gasteiger partial charge in [0.05, 0.1) is 5.56 Å². The molecule has 0 atom stereocenters. The van der Waals surface area contributed by atoms with Crippen LogP contribution >= 0.6 is 0 Å². The number of carbonyl (C=O) groups excluding carboxylic acids is 3. The second kappa shape index (κ2) is 9.09. The zero-order valence-corrected chi connectivity index (χ0v) is 16.7. The summed E-state index contributed by atoms with van der Waals surface area (Å²) in [5, 5.41) is 3.19. The highest BCUT2D eigenvalue weighted by atomic mass is 16.5. The number of ketones is 1. The maximum atomic E-state index is 12.6. The summed E-state index contributed by atoms with van der Waals surface area (Å²) in [5.74, 6) is -1.71. The van der Waals surface area contributed by atoms with Crippen LogP contribution in [-0.2, 0) is 4.74 Å². The minimum Gasteiger partial charge on any atom is -0.454 e. The molecule has 1 aromatic heterocycles. The number of hydrogen-bond acceptors (Lipinski definition) is 6. The summed E-state index contributed by atoms with van der Waals surface area (Å²) >= 11 is 0. The lowest BCUT2D eigenvalue weighted by Gasteiger charge is -2.08. The van der Waals surface area contributed by atoms with Crippen LogP contribution < -0.4 is 10.9 Å². The molecule has 0 aliphatic heterocycles. The van der Waals surface area contributed by atoms with Gasteiger partial charge in [0.25, 0.3) is 5.91 Å². The third-order valence-electron chi connectivity index (χ3n) is 4.67. The number of hydrogen-bond donors (Lipinski definition) is 1. The molecule has 0 aliphatic rings. The van der Waals surface area contributed by atoms with Gasteiger partial charge in [0, 0.05) is 16.6 Å². The summed E-state index contributed by atoms with van der Waals surface area (Å²) in [7, 11) is 0. The first-order valence-electron chi connectivity index (χ1n) is 9.71. The maximum absolute atomic E-state index is 12.6. The standard InChI is InChI=1S/C25H17NO6/c27-21(16-7-2-1-3-8-16)15-31-24(29)18-10-6-11-19(13-18)26-23(28)20-14-17-9-4-5-12-22(17)32-25(20)30/h1-14H,15H2,(H,26,28). The van der Waals surface area contributed by atoms with Gasteiger partial charge < -0.3 is 14.5 Å². The number of Topliss-reactive ketones (excluding diaryl/α,β-unsaturated/α-hetero) is 1. The second-order valence-electron chi connectivity index (χ2n) is 6.89. The van der Waals surface area contributed by atoms with Crippen LogP contribution in [0.1, 0.15) is 31.1 Å². The fourth-order valence-corrected chi connectivity index (χ4v) is 3.06. The molecule has 0 unspecified atom stereocenters. The minimum absolute atomic E-state index is 0.147. The summed E-state index contributed by atoms with van der Waals surface area (Å²) in [6.07, 6.45) is 0. The zero-order chi connectivity index (χ0) is 22.5. The van der Waals surface area contributed by atoms with Crippen LogP contribution in [0.4, 0.5) is 5.69 Å². The number of fused-ring (bicyclic) bond motifs is 1. The lowest BCUT2D eigenvalue weighted by Crippen LogP contribution is -2.21. The highest BCUT2D eigenvalue weighted by molar-refractivity contribution is 6.06. The van der Waals surface area contributed by atoms with E-state index in [-0.39, 0.29) is 22.6 Å². The van der Waals surface area contributed by atoms with Gasteiger partial charge in [-0.2, -0.15) is 0 Å². The average molecular weight is 427 g/mol. The number of anilines is 1. The molecule has 32 heavy (non-hydrogen) atoms. The molecule has 1 amide bonds. The molecular weight excluding hydrogens is 410 g/mol. The van der Waals surface area contributed by atoms with Crippen molar-refractivity contribution in [2.24, 2.45) is 0 Å². The molecule has 0 bridgehead atoms. The number of esters is 1. The molecule has 0 saturated heterocycles. The Morgan fingerprint density at radius 1 is 0.812 bits per heavy atom. The van der Waals surface area contributed by atoms with Crippen molar-refractivity contribution < 1.29 is 23.5 Å². The van der Waals surface area contributed by atoms with Crippen molar-refractivity contribution in [1.29, 1.82) is 0 Å². The molecule has 0 saturated carbocycles. The van der Waals surface area contributed by atoms with Crippen molar-refractivity contribution in [1.82, 2.24) is 0 Å². The molecule has 7 heteroatoms. The number of rotatable bonds is 6. The van der Waals surface area contributed by atoms with Gasteiger partial charge in [0.2, 0.25) is 0 Å². The molecule has 1 N–H and O–H groups in total. The molecule has 4 rings (SSSR count). The second-order valence-corrected chi connectivity index (χ2v) is 6.89. The van der Waals surface area contributed by atoms with E-state index in [9.17, 15) is 19.2 Å². The first-order chi connectivity index (χ1) is 15.5. The molecular formula is C25H17NO6. The highest BCUT2D eigenvalue weighted by Crippen LogP contribution is 2.16. The number of ether oxygens (including phenoxy) is 1. The van der Waals surface area contributed by atoms with E-state index >= 15 is 0 Å². The Balaban J connectivity index is 1.45. The van der Waals surface area contributed by atoms with Crippen molar-refractivity contribution in [3.8, 4) is 0 Å². The Morgan fingerprint density at radius 3 is 2.34 bits per heavy atom. The van der Waals surface area contributed by atoms with Crippen LogP contribution in [0.3, 0.4) is 0 Å². The summed E-state index contributed by atoms with van der Waals surface area (Å²) in [6.45, 7) is -0.405. The predicted octanol–water partition coefficient (Wildman–Crippen LogP) is 4.09. The minimum atomic E-state index is -0.767. The van der Waals surface area contributed by atoms with Gasteiger partial charge in [0.1, 0.15) is 11.1 Å². The molecule has 158 valence electrons. The Kier molecular flexibility index (Phi) is 5.89. The number of amides is 1. The number of para-hydroxylation sites is 1. The molecule has 0 radical (unpaired) electrons. The van der Waals surface area contributed by atoms with Crippen LogP contribution in [0.5, 0.6) is 0 Å². The summed E-state index contributed by atoms with van der Waals surface area (Å²) in [6, 6.07) is 22.8. The van der Waals surface area contributed by atoms with E-state index in [0.29, 0.717) is 16.5 Å². The largest absolute Gasteiger partial charge is 0.454 e. The van der Waals surface area contributed by atoms with Crippen molar-refractivity contribution in [3.63, 3.8) is 0 Å². The molecule has 7 nitrogen and oxygen atoms in total. The fourth-order valence-electron chi connectivity index (χ4n) is 3.06. The number of carbonyl (C=O) groups is 3. The van der Waals surface area contributed by atoms with E-state index in [1.165, 1.54) is 18.2 Å². The normalized spacial score (nSPS) is 10.5. The summed E-state index contributed by atoms with van der Waals surface area (Å²) < 4.78 is 10.3. The van der Waals surface area contributed by atoms with Gasteiger partial charge >= 0.3 is 11.6 Å². The Hall–Kier alpha value is -4.52. The fraction of sp³-hybridized carbons (Fsp3) is 0.0400. The van der Waals surface area contributed by atoms with Gasteiger partial charge in [-0.3, -0.25) is 9.59 Å². The third kappa shape index (κ3) is 4.62. The first kappa shape index (κ1) is 20.7. The zero-order valence-electron chi connectivity index (χ0n) is 16.7. The Morgan fingerprint density at radius 2 is 1.53 bits per heavy atom. The highest BCUT2D eigenvalue weighted by Gasteiger charge is 2.16. The topological polar surface area (TPSA) is 103 Å². The van der Waals surface area contributed by atoms with E-state index in [1.807, 2.05) is 0 Å². The van der Waals surface area contributed by atoms with Crippen LogP contribution in [0.2, 0.25) is 0 Å². The van der Waals surface area contributed by atoms with E-state index < -0.39 is 24.1 Å². The van der Waals surface area contributed by atoms with E-state index in [0.717, 1.165) is 0 Å². The molecule has 1 heterocycles. The summed E-state index contributed by atoms with van der Waals surface area (Å²) in [4.78, 5) is 49.2. The van der Waals surface area contributed by atoms with Gasteiger partial charge in [-0.1, -0.05) is 54.6 Å². The smallest absolute Gasteiger partial charge is 0.349 e. The maximum Gasteiger partial charge on any atom is 0.349 e. The molecule has 0 aliphatic carbocycles. The first-order valence-corrected chi connectivity index (χ1v) is 9.71. The van der Waals surface area contributed by atoms with Gasteiger partial charge in [-0.15, -0.1) is 0 Å². The SMILES string of the molecule is O=C(COC(=O)c1cccc(NC(=O)c2cc3ccccc3oc2=O)c1)c1ccccc1. The van der Waals surface area contributed by atoms with Crippen molar-refractivity contribution in [3.05, 3.63) is 112 Å². The van der Waals surface area contributed by atoms with E-state index in [2.05, 4.69) is 5.32 Å². The predicted molar refractivity (Wildman–Crippen MR) is 118 cm³/mol. The Bertz CT molecular complexity index is 1370. The lowest BCUT2D eigenvalue weighted by molar-refractivity contribution is 0.0474. The quantitative estimate of drug-likeness (QED) is 0.283. The molecule has 0 spiro atoms. The molecule has 4 aromatic rings. The van der Waals surface area contributed by atoms with Crippen molar-refractivity contribution in [2.45, 2.75) is 0 Å². The third-order valence-corrected chi connectivity index (χ3v) is 4.67. The van der Waals surface area contributed by atoms with Crippen molar-refractivity contribution >= 4 is 34.3 Å². The van der Waals surface area contributed by atoms with Gasteiger partial charge in [-0.25, -0.2) is 9.59 Å². The number of nitrogens with one attached hydrogen (secondary N) is 1. The van der Waals surface area contributed by atoms with Crippen molar-refractivity contribution in [2.75, 3.05) is 11.9 Å². The summed E-state index contributed by atoms with van der Waals surface area (Å²) in [5.41, 5.74) is 0.321. The van der Waals surface area contributed by atoms with Gasteiger partial charge in [-0.05, 0) is 30.3 Å². The van der Waals surface area contributed by atoms with Crippen LogP contribution in [0.15, 0.2) is 94.1 Å². The van der Waals surface area contributed by atoms with Crippen LogP contribution in [-0.4, -0.2) is 24.3 Å². The lowest BCUT2D eigenvalue weighted by atomic mass is 10.1. The van der Waals surface area contributed by atoms with Gasteiger partial charge in [0.15, 0.2) is 12.4 Å². The average Bonchev–Trinajstić information content (AvgIpc) is 2.82. The van der Waals surface area contributed by atoms with Crippen LogP contribution in [0, 0.1) is 0 Å².